The summed E-state index contributed by atoms with van der Waals surface area (Å²) in [5, 5.41) is 3.89. The van der Waals surface area contributed by atoms with Crippen molar-refractivity contribution in [1.82, 2.24) is 10.2 Å². The number of quaternary nitrogens is 1. The molecule has 1 amide bonds. The predicted octanol–water partition coefficient (Wildman–Crippen LogP) is 6.55. The monoisotopic (exact) mass is 562 g/mol. The molecule has 2 fully saturated rings. The zero-order chi connectivity index (χ0) is 27.9. The average Bonchev–Trinajstić information content (AvgIpc) is 2.87. The van der Waals surface area contributed by atoms with Crippen LogP contribution in [0, 0.1) is 0 Å². The summed E-state index contributed by atoms with van der Waals surface area (Å²) in [6, 6.07) is 8.11. The van der Waals surface area contributed by atoms with Crippen LogP contribution in [0.5, 0.6) is 0 Å². The van der Waals surface area contributed by atoms with Crippen molar-refractivity contribution in [3.05, 3.63) is 69.7 Å². The third-order valence-corrected chi connectivity index (χ3v) is 8.17. The van der Waals surface area contributed by atoms with Gasteiger partial charge in [0.25, 0.3) is 0 Å². The number of amides is 1. The van der Waals surface area contributed by atoms with Gasteiger partial charge in [0.05, 0.1) is 23.2 Å². The van der Waals surface area contributed by atoms with Gasteiger partial charge < -0.3 is 5.32 Å². The molecule has 4 nitrogen and oxygen atoms in total. The van der Waals surface area contributed by atoms with Gasteiger partial charge in [0, 0.05) is 36.9 Å². The second kappa shape index (κ2) is 10.8. The molecule has 2 aromatic rings. The van der Waals surface area contributed by atoms with Crippen molar-refractivity contribution in [2.45, 2.75) is 56.2 Å². The first kappa shape index (κ1) is 28.9. The first-order chi connectivity index (χ1) is 17.7. The van der Waals surface area contributed by atoms with Crippen LogP contribution in [-0.2, 0) is 12.4 Å². The van der Waals surface area contributed by atoms with E-state index >= 15 is 0 Å². The number of nitrogens with one attached hydrogen (secondary N) is 1. The Morgan fingerprint density at radius 2 is 1.55 bits per heavy atom. The SMILES string of the molecule is CN(C)[C@H]1CCCC[N@+]1(C(=O)c1cc(C(F)(F)F)cc(C(F)(F)F)c1)[C@@H]1CCNCC1c1ccc(Cl)cc1. The summed E-state index contributed by atoms with van der Waals surface area (Å²) in [6.45, 7) is 1.43. The van der Waals surface area contributed by atoms with Crippen LogP contribution in [0.2, 0.25) is 5.02 Å². The summed E-state index contributed by atoms with van der Waals surface area (Å²) < 4.78 is 82.0. The minimum absolute atomic E-state index is 0.0712. The van der Waals surface area contributed by atoms with Crippen LogP contribution in [0.15, 0.2) is 42.5 Å². The summed E-state index contributed by atoms with van der Waals surface area (Å²) in [7, 11) is 3.61. The molecule has 11 heteroatoms. The highest BCUT2D eigenvalue weighted by Gasteiger charge is 2.56. The van der Waals surface area contributed by atoms with Crippen LogP contribution in [0.3, 0.4) is 0 Å². The van der Waals surface area contributed by atoms with E-state index in [1.54, 1.807) is 12.1 Å². The first-order valence-electron chi connectivity index (χ1n) is 12.6. The molecule has 0 bridgehead atoms. The summed E-state index contributed by atoms with van der Waals surface area (Å²) in [5.74, 6) is -0.899. The maximum atomic E-state index is 14.5. The van der Waals surface area contributed by atoms with Gasteiger partial charge in [-0.25, -0.2) is 9.28 Å². The molecule has 2 aliphatic heterocycles. The summed E-state index contributed by atoms with van der Waals surface area (Å²) >= 11 is 6.10. The smallest absolute Gasteiger partial charge is 0.316 e. The lowest BCUT2D eigenvalue weighted by Gasteiger charge is -2.55. The van der Waals surface area contributed by atoms with E-state index in [1.165, 1.54) is 0 Å². The summed E-state index contributed by atoms with van der Waals surface area (Å²) in [4.78, 5) is 16.4. The lowest BCUT2D eigenvalue weighted by atomic mass is 9.81. The van der Waals surface area contributed by atoms with E-state index in [9.17, 15) is 31.1 Å². The van der Waals surface area contributed by atoms with Crippen LogP contribution in [0.1, 0.15) is 58.6 Å². The normalized spacial score (nSPS) is 26.9. The van der Waals surface area contributed by atoms with Crippen molar-refractivity contribution in [1.29, 1.82) is 0 Å². The number of alkyl halides is 6. The molecule has 2 aromatic carbocycles. The molecule has 4 rings (SSSR count). The standard InChI is InChI=1S/C27H31ClF6N3O/c1-36(2)24-5-3-4-12-37(24,23-10-11-35-16-22(23)17-6-8-21(28)9-7-17)25(38)18-13-19(26(29,30)31)15-20(14-18)27(32,33)34/h6-9,13-15,22-24,35H,3-5,10-12,16H2,1-2H3/q+1/t22?,23-,24-,37+/m1/s1. The van der Waals surface area contributed by atoms with Gasteiger partial charge in [0.2, 0.25) is 0 Å². The Labute approximate surface area is 223 Å². The first-order valence-corrected chi connectivity index (χ1v) is 13.0. The van der Waals surface area contributed by atoms with Gasteiger partial charge >= 0.3 is 18.3 Å². The average molecular weight is 563 g/mol. The number of carbonyl (C=O) groups is 1. The van der Waals surface area contributed by atoms with E-state index in [-0.39, 0.29) is 22.5 Å². The second-order valence-corrected chi connectivity index (χ2v) is 10.8. The molecule has 2 saturated heterocycles. The van der Waals surface area contributed by atoms with E-state index in [0.717, 1.165) is 12.0 Å². The highest BCUT2D eigenvalue weighted by atomic mass is 35.5. The van der Waals surface area contributed by atoms with Crippen molar-refractivity contribution >= 4 is 17.5 Å². The largest absolute Gasteiger partial charge is 0.416 e. The van der Waals surface area contributed by atoms with E-state index in [2.05, 4.69) is 5.32 Å². The Morgan fingerprint density at radius 3 is 2.11 bits per heavy atom. The minimum atomic E-state index is -5.04. The zero-order valence-electron chi connectivity index (χ0n) is 21.2. The number of likely N-dealkylation sites (tertiary alicyclic amines) is 1. The minimum Gasteiger partial charge on any atom is -0.316 e. The maximum Gasteiger partial charge on any atom is 0.416 e. The number of hydrogen-bond acceptors (Lipinski definition) is 3. The molecule has 0 spiro atoms. The van der Waals surface area contributed by atoms with Crippen molar-refractivity contribution in [2.24, 2.45) is 0 Å². The molecule has 2 heterocycles. The molecule has 1 unspecified atom stereocenters. The van der Waals surface area contributed by atoms with Gasteiger partial charge in [-0.1, -0.05) is 23.7 Å². The highest BCUT2D eigenvalue weighted by molar-refractivity contribution is 6.30. The number of rotatable bonds is 4. The molecule has 2 aliphatic rings. The predicted molar refractivity (Wildman–Crippen MR) is 133 cm³/mol. The van der Waals surface area contributed by atoms with Crippen molar-refractivity contribution in [3.63, 3.8) is 0 Å². The molecule has 1 N–H and O–H groups in total. The lowest BCUT2D eigenvalue weighted by molar-refractivity contribution is -0.917. The maximum absolute atomic E-state index is 14.5. The Hall–Kier alpha value is -2.14. The molecule has 208 valence electrons. The molecule has 38 heavy (non-hydrogen) atoms. The number of halogens is 7. The van der Waals surface area contributed by atoms with Gasteiger partial charge in [-0.15, -0.1) is 0 Å². The van der Waals surface area contributed by atoms with Crippen molar-refractivity contribution in [2.75, 3.05) is 33.7 Å². The van der Waals surface area contributed by atoms with Crippen LogP contribution in [-0.4, -0.2) is 61.2 Å². The number of nitrogens with zero attached hydrogens (tertiary/aromatic N) is 2. The molecule has 0 saturated carbocycles. The molecule has 0 aromatic heterocycles. The molecular weight excluding hydrogens is 532 g/mol. The fraction of sp³-hybridized carbons (Fsp3) is 0.519. The van der Waals surface area contributed by atoms with Gasteiger partial charge in [0.15, 0.2) is 6.17 Å². The van der Waals surface area contributed by atoms with Gasteiger partial charge in [0.1, 0.15) is 6.04 Å². The van der Waals surface area contributed by atoms with Crippen LogP contribution in [0.25, 0.3) is 0 Å². The molecule has 0 aliphatic carbocycles. The Morgan fingerprint density at radius 1 is 0.947 bits per heavy atom. The number of carbonyl (C=O) groups excluding carboxylic acids is 1. The summed E-state index contributed by atoms with van der Waals surface area (Å²) in [5.41, 5.74) is -2.60. The Bertz CT molecular complexity index is 1120. The zero-order valence-corrected chi connectivity index (χ0v) is 21.9. The van der Waals surface area contributed by atoms with Crippen LogP contribution >= 0.6 is 11.6 Å². The van der Waals surface area contributed by atoms with Crippen molar-refractivity contribution < 1.29 is 35.6 Å². The Balaban J connectivity index is 1.92. The number of piperidine rings is 2. The fourth-order valence-corrected chi connectivity index (χ4v) is 6.42. The highest BCUT2D eigenvalue weighted by Crippen LogP contribution is 2.43. The topological polar surface area (TPSA) is 32.3 Å². The fourth-order valence-electron chi connectivity index (χ4n) is 6.29. The third kappa shape index (κ3) is 5.59. The molecule has 0 radical (unpaired) electrons. The Kier molecular flexibility index (Phi) is 8.19. The number of benzene rings is 2. The van der Waals surface area contributed by atoms with Crippen molar-refractivity contribution in [3.8, 4) is 0 Å². The van der Waals surface area contributed by atoms with E-state index in [0.29, 0.717) is 56.1 Å². The summed E-state index contributed by atoms with van der Waals surface area (Å²) in [6.07, 6.45) is -7.90. The second-order valence-electron chi connectivity index (χ2n) is 10.4. The molecular formula is C27H31ClF6N3O+. The molecule has 4 atom stereocenters. The van der Waals surface area contributed by atoms with Gasteiger partial charge in [-0.2, -0.15) is 26.3 Å². The van der Waals surface area contributed by atoms with Gasteiger partial charge in [-0.3, -0.25) is 4.90 Å². The third-order valence-electron chi connectivity index (χ3n) is 7.92. The van der Waals surface area contributed by atoms with Crippen LogP contribution in [0.4, 0.5) is 26.3 Å². The van der Waals surface area contributed by atoms with E-state index < -0.39 is 41.1 Å². The van der Waals surface area contributed by atoms with E-state index in [4.69, 9.17) is 11.6 Å². The van der Waals surface area contributed by atoms with Crippen LogP contribution < -0.4 is 5.32 Å². The lowest BCUT2D eigenvalue weighted by Crippen LogP contribution is -2.72. The quantitative estimate of drug-likeness (QED) is 0.339. The number of hydrogen-bond donors (Lipinski definition) is 1. The van der Waals surface area contributed by atoms with E-state index in [1.807, 2.05) is 31.1 Å². The van der Waals surface area contributed by atoms with Gasteiger partial charge in [-0.05, 0) is 62.8 Å².